The molecule has 0 aromatic rings. The number of hydrogen-bond acceptors (Lipinski definition) is 3. The molecule has 12 heavy (non-hydrogen) atoms. The number of ether oxygens (including phenoxy) is 1. The molecule has 0 unspecified atom stereocenters. The largest absolute Gasteiger partial charge is 0.383 e. The smallest absolute Gasteiger partial charge is 0.233 e. The normalized spacial score (nSPS) is 11.3. The van der Waals surface area contributed by atoms with E-state index in [2.05, 4.69) is 10.6 Å². The lowest BCUT2D eigenvalue weighted by Gasteiger charge is -2.24. The second-order valence-corrected chi connectivity index (χ2v) is 3.34. The zero-order valence-electron chi connectivity index (χ0n) is 8.23. The van der Waals surface area contributed by atoms with Crippen LogP contribution in [0.15, 0.2) is 0 Å². The highest BCUT2D eigenvalue weighted by molar-refractivity contribution is 5.77. The first-order valence-electron chi connectivity index (χ1n) is 3.96. The molecular weight excluding hydrogens is 156 g/mol. The number of hydrogen-bond donors (Lipinski definition) is 2. The van der Waals surface area contributed by atoms with Crippen LogP contribution in [0.2, 0.25) is 0 Å². The Balaban J connectivity index is 3.67. The molecule has 0 atom stereocenters. The van der Waals surface area contributed by atoms with E-state index in [4.69, 9.17) is 4.74 Å². The molecule has 0 aliphatic heterocycles. The molecule has 0 rings (SSSR count). The molecule has 2 N–H and O–H groups in total. The fraction of sp³-hybridized carbons (Fsp3) is 0.875. The monoisotopic (exact) mass is 174 g/mol. The van der Waals surface area contributed by atoms with Gasteiger partial charge in [0, 0.05) is 19.7 Å². The second-order valence-electron chi connectivity index (χ2n) is 3.34. The number of carbonyl (C=O) groups is 1. The topological polar surface area (TPSA) is 50.4 Å². The molecule has 0 spiro atoms. The van der Waals surface area contributed by atoms with Gasteiger partial charge in [-0.15, -0.1) is 0 Å². The van der Waals surface area contributed by atoms with Gasteiger partial charge in [0.1, 0.15) is 0 Å². The maximum absolute atomic E-state index is 10.8. The summed E-state index contributed by atoms with van der Waals surface area (Å²) in [7, 11) is 3.26. The predicted octanol–water partition coefficient (Wildman–Crippen LogP) is -0.253. The van der Waals surface area contributed by atoms with Crippen LogP contribution in [0.5, 0.6) is 0 Å². The maximum atomic E-state index is 10.8. The van der Waals surface area contributed by atoms with Crippen LogP contribution in [0.4, 0.5) is 0 Å². The predicted molar refractivity (Wildman–Crippen MR) is 48.0 cm³/mol. The summed E-state index contributed by atoms with van der Waals surface area (Å²) in [5.74, 6) is -0.0146. The zero-order valence-corrected chi connectivity index (χ0v) is 8.23. The van der Waals surface area contributed by atoms with Crippen LogP contribution in [0, 0.1) is 0 Å². The van der Waals surface area contributed by atoms with Crippen LogP contribution < -0.4 is 10.6 Å². The first-order valence-corrected chi connectivity index (χ1v) is 3.96. The molecule has 1 amide bonds. The van der Waals surface area contributed by atoms with Gasteiger partial charge in [0.2, 0.25) is 5.91 Å². The Morgan fingerprint density at radius 1 is 1.50 bits per heavy atom. The molecule has 0 aromatic carbocycles. The highest BCUT2D eigenvalue weighted by atomic mass is 16.5. The number of nitrogens with one attached hydrogen (secondary N) is 2. The van der Waals surface area contributed by atoms with Crippen LogP contribution in [-0.2, 0) is 9.53 Å². The average molecular weight is 174 g/mol. The number of amides is 1. The number of rotatable bonds is 5. The van der Waals surface area contributed by atoms with Crippen molar-refractivity contribution in [3.8, 4) is 0 Å². The van der Waals surface area contributed by atoms with Crippen LogP contribution >= 0.6 is 0 Å². The molecule has 4 nitrogen and oxygen atoms in total. The summed E-state index contributed by atoms with van der Waals surface area (Å²) < 4.78 is 4.98. The van der Waals surface area contributed by atoms with Gasteiger partial charge >= 0.3 is 0 Å². The third-order valence-electron chi connectivity index (χ3n) is 1.51. The third-order valence-corrected chi connectivity index (χ3v) is 1.51. The molecule has 0 aliphatic carbocycles. The van der Waals surface area contributed by atoms with Crippen LogP contribution in [0.1, 0.15) is 13.8 Å². The SMILES string of the molecule is CNC(=O)CNC(C)(C)COC. The molecule has 0 radical (unpaired) electrons. The lowest BCUT2D eigenvalue weighted by atomic mass is 10.1. The highest BCUT2D eigenvalue weighted by Gasteiger charge is 2.17. The van der Waals surface area contributed by atoms with Gasteiger partial charge in [-0.25, -0.2) is 0 Å². The Kier molecular flexibility index (Phi) is 4.85. The standard InChI is InChI=1S/C8H18N2O2/c1-8(2,6-12-4)10-5-7(11)9-3/h10H,5-6H2,1-4H3,(H,9,11). The lowest BCUT2D eigenvalue weighted by molar-refractivity contribution is -0.120. The summed E-state index contributed by atoms with van der Waals surface area (Å²) in [4.78, 5) is 10.8. The van der Waals surface area contributed by atoms with Gasteiger partial charge in [-0.05, 0) is 13.8 Å². The van der Waals surface area contributed by atoms with E-state index in [9.17, 15) is 4.79 Å². The zero-order chi connectivity index (χ0) is 9.61. The first kappa shape index (κ1) is 11.4. The molecule has 0 saturated carbocycles. The molecule has 4 heteroatoms. The minimum Gasteiger partial charge on any atom is -0.383 e. The number of likely N-dealkylation sites (N-methyl/N-ethyl adjacent to an activating group) is 1. The summed E-state index contributed by atoms with van der Waals surface area (Å²) >= 11 is 0. The van der Waals surface area contributed by atoms with Gasteiger partial charge in [-0.1, -0.05) is 0 Å². The molecule has 0 heterocycles. The van der Waals surface area contributed by atoms with Gasteiger partial charge in [-0.3, -0.25) is 4.79 Å². The quantitative estimate of drug-likeness (QED) is 0.604. The lowest BCUT2D eigenvalue weighted by Crippen LogP contribution is -2.47. The van der Waals surface area contributed by atoms with E-state index in [1.807, 2.05) is 13.8 Å². The Labute approximate surface area is 73.7 Å². The van der Waals surface area contributed by atoms with Crippen molar-refractivity contribution >= 4 is 5.91 Å². The molecule has 0 aliphatic rings. The van der Waals surface area contributed by atoms with E-state index in [-0.39, 0.29) is 11.4 Å². The maximum Gasteiger partial charge on any atom is 0.233 e. The average Bonchev–Trinajstić information content (AvgIpc) is 2.00. The van der Waals surface area contributed by atoms with Crippen molar-refractivity contribution in [1.29, 1.82) is 0 Å². The van der Waals surface area contributed by atoms with Crippen LogP contribution in [-0.4, -0.2) is 38.8 Å². The van der Waals surface area contributed by atoms with Crippen LogP contribution in [0.3, 0.4) is 0 Å². The van der Waals surface area contributed by atoms with E-state index in [1.54, 1.807) is 14.2 Å². The van der Waals surface area contributed by atoms with Crippen molar-refractivity contribution in [2.45, 2.75) is 19.4 Å². The van der Waals surface area contributed by atoms with Gasteiger partial charge in [0.25, 0.3) is 0 Å². The van der Waals surface area contributed by atoms with E-state index in [0.717, 1.165) is 0 Å². The van der Waals surface area contributed by atoms with Crippen molar-refractivity contribution in [2.75, 3.05) is 27.3 Å². The van der Waals surface area contributed by atoms with Crippen LogP contribution in [0.25, 0.3) is 0 Å². The first-order chi connectivity index (χ1) is 5.52. The number of carbonyl (C=O) groups excluding carboxylic acids is 1. The van der Waals surface area contributed by atoms with Crippen molar-refractivity contribution in [1.82, 2.24) is 10.6 Å². The minimum atomic E-state index is -0.152. The van der Waals surface area contributed by atoms with E-state index in [1.165, 1.54) is 0 Å². The molecule has 0 fully saturated rings. The van der Waals surface area contributed by atoms with Gasteiger partial charge < -0.3 is 15.4 Å². The molecule has 0 saturated heterocycles. The summed E-state index contributed by atoms with van der Waals surface area (Å²) in [5, 5.41) is 5.61. The van der Waals surface area contributed by atoms with Crippen molar-refractivity contribution in [3.63, 3.8) is 0 Å². The van der Waals surface area contributed by atoms with Crippen molar-refractivity contribution in [2.24, 2.45) is 0 Å². The highest BCUT2D eigenvalue weighted by Crippen LogP contribution is 2.00. The Hall–Kier alpha value is -0.610. The Bertz CT molecular complexity index is 146. The summed E-state index contributed by atoms with van der Waals surface area (Å²) in [5.41, 5.74) is -0.152. The molecular formula is C8H18N2O2. The minimum absolute atomic E-state index is 0.0146. The molecule has 72 valence electrons. The van der Waals surface area contributed by atoms with Crippen molar-refractivity contribution in [3.05, 3.63) is 0 Å². The molecule has 0 aromatic heterocycles. The third kappa shape index (κ3) is 5.09. The van der Waals surface area contributed by atoms with Gasteiger partial charge in [0.15, 0.2) is 0 Å². The van der Waals surface area contributed by atoms with Gasteiger partial charge in [0.05, 0.1) is 13.2 Å². The second kappa shape index (κ2) is 5.11. The van der Waals surface area contributed by atoms with E-state index >= 15 is 0 Å². The summed E-state index contributed by atoms with van der Waals surface area (Å²) in [6.07, 6.45) is 0. The number of methoxy groups -OCH3 is 1. The van der Waals surface area contributed by atoms with Gasteiger partial charge in [-0.2, -0.15) is 0 Å². The fourth-order valence-electron chi connectivity index (χ4n) is 0.820. The van der Waals surface area contributed by atoms with E-state index < -0.39 is 0 Å². The Morgan fingerprint density at radius 3 is 2.50 bits per heavy atom. The van der Waals surface area contributed by atoms with Crippen molar-refractivity contribution < 1.29 is 9.53 Å². The Morgan fingerprint density at radius 2 is 2.08 bits per heavy atom. The summed E-state index contributed by atoms with van der Waals surface area (Å²) in [6.45, 7) is 4.88. The fourth-order valence-corrected chi connectivity index (χ4v) is 0.820. The van der Waals surface area contributed by atoms with E-state index in [0.29, 0.717) is 13.2 Å². The molecule has 0 bridgehead atoms. The summed E-state index contributed by atoms with van der Waals surface area (Å²) in [6, 6.07) is 0.